The molecule has 1 atom stereocenters. The predicted octanol–water partition coefficient (Wildman–Crippen LogP) is 2.60. The number of thioether (sulfide) groups is 1. The summed E-state index contributed by atoms with van der Waals surface area (Å²) in [7, 11) is 3.52. The van der Waals surface area contributed by atoms with Crippen LogP contribution in [0.15, 0.2) is 29.3 Å². The molecule has 1 unspecified atom stereocenters. The third kappa shape index (κ3) is 8.45. The van der Waals surface area contributed by atoms with Crippen molar-refractivity contribution in [1.29, 1.82) is 0 Å². The number of halogens is 1. The molecule has 0 spiro atoms. The van der Waals surface area contributed by atoms with Gasteiger partial charge in [0.1, 0.15) is 5.75 Å². The molecular weight excluding hydrogens is 475 g/mol. The molecule has 0 amide bonds. The van der Waals surface area contributed by atoms with Crippen molar-refractivity contribution < 1.29 is 9.47 Å². The first-order chi connectivity index (χ1) is 12.8. The molecule has 0 aliphatic carbocycles. The van der Waals surface area contributed by atoms with E-state index in [0.717, 1.165) is 63.3 Å². The van der Waals surface area contributed by atoms with Crippen molar-refractivity contribution >= 4 is 41.7 Å². The first-order valence-corrected chi connectivity index (χ1v) is 10.6. The summed E-state index contributed by atoms with van der Waals surface area (Å²) < 4.78 is 10.8. The SMILES string of the molecule is CN=C(NCCCSC)NCC(c1ccc(OC)cc1)N1CCOCC1.I. The Balaban J connectivity index is 0.00000364. The van der Waals surface area contributed by atoms with E-state index in [9.17, 15) is 0 Å². The van der Waals surface area contributed by atoms with Gasteiger partial charge in [0.25, 0.3) is 0 Å². The van der Waals surface area contributed by atoms with Gasteiger partial charge in [-0.25, -0.2) is 0 Å². The van der Waals surface area contributed by atoms with Crippen LogP contribution in [-0.4, -0.2) is 76.4 Å². The summed E-state index contributed by atoms with van der Waals surface area (Å²) in [6.45, 7) is 5.19. The molecule has 0 aromatic heterocycles. The van der Waals surface area contributed by atoms with E-state index in [4.69, 9.17) is 9.47 Å². The van der Waals surface area contributed by atoms with Gasteiger partial charge in [-0.05, 0) is 36.1 Å². The lowest BCUT2D eigenvalue weighted by atomic mass is 10.0. The van der Waals surface area contributed by atoms with Gasteiger partial charge in [-0.2, -0.15) is 11.8 Å². The number of guanidine groups is 1. The molecule has 6 nitrogen and oxygen atoms in total. The molecule has 1 aliphatic heterocycles. The molecule has 1 saturated heterocycles. The summed E-state index contributed by atoms with van der Waals surface area (Å²) in [6.07, 6.45) is 3.27. The Labute approximate surface area is 184 Å². The third-order valence-electron chi connectivity index (χ3n) is 4.49. The van der Waals surface area contributed by atoms with E-state index >= 15 is 0 Å². The summed E-state index contributed by atoms with van der Waals surface area (Å²) in [5.41, 5.74) is 1.28. The second kappa shape index (κ2) is 14.3. The second-order valence-corrected chi connectivity index (χ2v) is 7.15. The van der Waals surface area contributed by atoms with Crippen molar-refractivity contribution in [2.75, 3.05) is 65.6 Å². The number of methoxy groups -OCH3 is 1. The summed E-state index contributed by atoms with van der Waals surface area (Å²) >= 11 is 1.87. The molecule has 0 radical (unpaired) electrons. The number of hydrogen-bond acceptors (Lipinski definition) is 5. The fraction of sp³-hybridized carbons (Fsp3) is 0.632. The van der Waals surface area contributed by atoms with Crippen molar-refractivity contribution in [2.24, 2.45) is 4.99 Å². The monoisotopic (exact) mass is 508 g/mol. The lowest BCUT2D eigenvalue weighted by molar-refractivity contribution is 0.0170. The maximum absolute atomic E-state index is 5.52. The van der Waals surface area contributed by atoms with Crippen LogP contribution in [0.25, 0.3) is 0 Å². The highest BCUT2D eigenvalue weighted by Gasteiger charge is 2.23. The van der Waals surface area contributed by atoms with Crippen LogP contribution in [-0.2, 0) is 4.74 Å². The van der Waals surface area contributed by atoms with Crippen LogP contribution in [0.3, 0.4) is 0 Å². The van der Waals surface area contributed by atoms with Crippen LogP contribution in [0.1, 0.15) is 18.0 Å². The maximum Gasteiger partial charge on any atom is 0.191 e. The number of benzene rings is 1. The summed E-state index contributed by atoms with van der Waals surface area (Å²) in [5, 5.41) is 6.88. The van der Waals surface area contributed by atoms with Gasteiger partial charge >= 0.3 is 0 Å². The molecule has 1 aromatic rings. The standard InChI is InChI=1S/C19H32N4O2S.HI/c1-20-19(21-9-4-14-26-3)22-15-18(23-10-12-25-13-11-23)16-5-7-17(24-2)8-6-16;/h5-8,18H,4,9-15H2,1-3H3,(H2,20,21,22);1H. The van der Waals surface area contributed by atoms with Crippen molar-refractivity contribution in [1.82, 2.24) is 15.5 Å². The molecule has 1 aliphatic rings. The number of hydrogen-bond donors (Lipinski definition) is 2. The molecule has 0 saturated carbocycles. The lowest BCUT2D eigenvalue weighted by Gasteiger charge is -2.35. The Morgan fingerprint density at radius 2 is 1.96 bits per heavy atom. The maximum atomic E-state index is 5.52. The molecule has 8 heteroatoms. The zero-order chi connectivity index (χ0) is 18.6. The highest BCUT2D eigenvalue weighted by atomic mass is 127. The number of rotatable bonds is 9. The van der Waals surface area contributed by atoms with Gasteiger partial charge in [0.05, 0.1) is 26.4 Å². The average molecular weight is 508 g/mol. The number of aliphatic imine (C=N–C) groups is 1. The Morgan fingerprint density at radius 3 is 2.56 bits per heavy atom. The Hall–Kier alpha value is -0.710. The normalized spacial score (nSPS) is 16.3. The molecule has 0 bridgehead atoms. The van der Waals surface area contributed by atoms with E-state index in [-0.39, 0.29) is 30.0 Å². The van der Waals surface area contributed by atoms with Gasteiger partial charge in [-0.15, -0.1) is 24.0 Å². The molecule has 1 heterocycles. The number of nitrogens with one attached hydrogen (secondary N) is 2. The fourth-order valence-electron chi connectivity index (χ4n) is 3.01. The van der Waals surface area contributed by atoms with Gasteiger partial charge in [0, 0.05) is 33.2 Å². The summed E-state index contributed by atoms with van der Waals surface area (Å²) in [4.78, 5) is 6.82. The molecule has 2 N–H and O–H groups in total. The smallest absolute Gasteiger partial charge is 0.191 e. The van der Waals surface area contributed by atoms with Crippen LogP contribution >= 0.6 is 35.7 Å². The van der Waals surface area contributed by atoms with E-state index in [2.05, 4.69) is 38.9 Å². The van der Waals surface area contributed by atoms with Crippen molar-refractivity contribution in [3.8, 4) is 5.75 Å². The highest BCUT2D eigenvalue weighted by molar-refractivity contribution is 14.0. The van der Waals surface area contributed by atoms with Gasteiger partial charge in [-0.1, -0.05) is 12.1 Å². The van der Waals surface area contributed by atoms with Crippen molar-refractivity contribution in [3.63, 3.8) is 0 Å². The van der Waals surface area contributed by atoms with Gasteiger partial charge in [0.15, 0.2) is 5.96 Å². The number of morpholine rings is 1. The molecule has 154 valence electrons. The first-order valence-electron chi connectivity index (χ1n) is 9.17. The van der Waals surface area contributed by atoms with E-state index in [1.54, 1.807) is 7.11 Å². The Kier molecular flexibility index (Phi) is 12.9. The van der Waals surface area contributed by atoms with Crippen molar-refractivity contribution in [2.45, 2.75) is 12.5 Å². The Bertz CT molecular complexity index is 539. The van der Waals surface area contributed by atoms with Gasteiger partial charge < -0.3 is 20.1 Å². The molecular formula is C19H33IN4O2S. The largest absolute Gasteiger partial charge is 0.497 e. The topological polar surface area (TPSA) is 58.1 Å². The minimum atomic E-state index is 0. The first kappa shape index (κ1) is 24.3. The highest BCUT2D eigenvalue weighted by Crippen LogP contribution is 2.23. The quantitative estimate of drug-likeness (QED) is 0.232. The number of ether oxygens (including phenoxy) is 2. The molecule has 27 heavy (non-hydrogen) atoms. The second-order valence-electron chi connectivity index (χ2n) is 6.16. The van der Waals surface area contributed by atoms with Crippen LogP contribution < -0.4 is 15.4 Å². The minimum Gasteiger partial charge on any atom is -0.497 e. The van der Waals surface area contributed by atoms with E-state index in [1.807, 2.05) is 30.9 Å². The molecule has 1 aromatic carbocycles. The predicted molar refractivity (Wildman–Crippen MR) is 126 cm³/mol. The van der Waals surface area contributed by atoms with E-state index in [0.29, 0.717) is 0 Å². The van der Waals surface area contributed by atoms with E-state index in [1.165, 1.54) is 5.56 Å². The zero-order valence-corrected chi connectivity index (χ0v) is 19.7. The fourth-order valence-corrected chi connectivity index (χ4v) is 3.44. The van der Waals surface area contributed by atoms with Gasteiger partial charge in [0.2, 0.25) is 0 Å². The minimum absolute atomic E-state index is 0. The van der Waals surface area contributed by atoms with Crippen LogP contribution in [0.4, 0.5) is 0 Å². The Morgan fingerprint density at radius 1 is 1.26 bits per heavy atom. The zero-order valence-electron chi connectivity index (χ0n) is 16.6. The van der Waals surface area contributed by atoms with Crippen LogP contribution in [0, 0.1) is 0 Å². The van der Waals surface area contributed by atoms with Gasteiger partial charge in [-0.3, -0.25) is 9.89 Å². The summed E-state index contributed by atoms with van der Waals surface area (Å²) in [6, 6.07) is 8.62. The third-order valence-corrected chi connectivity index (χ3v) is 5.19. The number of nitrogens with zero attached hydrogens (tertiary/aromatic N) is 2. The average Bonchev–Trinajstić information content (AvgIpc) is 2.71. The van der Waals surface area contributed by atoms with Crippen LogP contribution in [0.2, 0.25) is 0 Å². The molecule has 2 rings (SSSR count). The van der Waals surface area contributed by atoms with Crippen molar-refractivity contribution in [3.05, 3.63) is 29.8 Å². The summed E-state index contributed by atoms with van der Waals surface area (Å²) in [5.74, 6) is 2.90. The van der Waals surface area contributed by atoms with E-state index < -0.39 is 0 Å². The lowest BCUT2D eigenvalue weighted by Crippen LogP contribution is -2.46. The molecule has 1 fully saturated rings. The van der Waals surface area contributed by atoms with Crippen LogP contribution in [0.5, 0.6) is 5.75 Å².